The highest BCUT2D eigenvalue weighted by molar-refractivity contribution is 7.80. The molecule has 0 spiro atoms. The van der Waals surface area contributed by atoms with Crippen molar-refractivity contribution in [1.82, 2.24) is 10.6 Å². The Morgan fingerprint density at radius 2 is 1.70 bits per heavy atom. The molecule has 0 saturated carbocycles. The molecule has 0 saturated heterocycles. The minimum Gasteiger partial charge on any atom is -0.339 e. The first-order valence-corrected chi connectivity index (χ1v) is 9.38. The number of hydrogen-bond acceptors (Lipinski definition) is 2. The van der Waals surface area contributed by atoms with Gasteiger partial charge in [-0.1, -0.05) is 52.5 Å². The van der Waals surface area contributed by atoms with Crippen molar-refractivity contribution in [2.75, 3.05) is 5.32 Å². The number of anilines is 1. The van der Waals surface area contributed by atoms with Gasteiger partial charge < -0.3 is 16.0 Å². The summed E-state index contributed by atoms with van der Waals surface area (Å²) in [7, 11) is 0. The molecule has 0 aromatic heterocycles. The predicted molar refractivity (Wildman–Crippen MR) is 113 cm³/mol. The minimum absolute atomic E-state index is 0.165. The van der Waals surface area contributed by atoms with Crippen LogP contribution in [0.2, 0.25) is 0 Å². The van der Waals surface area contributed by atoms with E-state index in [0.717, 1.165) is 16.8 Å². The van der Waals surface area contributed by atoms with Crippen LogP contribution in [0.3, 0.4) is 0 Å². The fourth-order valence-electron chi connectivity index (χ4n) is 2.26. The summed E-state index contributed by atoms with van der Waals surface area (Å²) in [5.74, 6) is -1.01. The number of benzene rings is 2. The van der Waals surface area contributed by atoms with Gasteiger partial charge in [0.1, 0.15) is 12.0 Å². The van der Waals surface area contributed by atoms with Crippen molar-refractivity contribution in [3.05, 3.63) is 65.0 Å². The molecule has 3 N–H and O–H groups in total. The van der Waals surface area contributed by atoms with Gasteiger partial charge >= 0.3 is 0 Å². The normalized spacial score (nSPS) is 12.2. The Labute approximate surface area is 177 Å². The van der Waals surface area contributed by atoms with E-state index in [9.17, 15) is 9.18 Å². The number of rotatable bonds is 4. The lowest BCUT2D eigenvalue weighted by atomic mass is 10.1. The Morgan fingerprint density at radius 1 is 1.07 bits per heavy atom. The number of halogens is 4. The second-order valence-corrected chi connectivity index (χ2v) is 8.65. The van der Waals surface area contributed by atoms with Gasteiger partial charge in [0.2, 0.25) is 3.79 Å². The van der Waals surface area contributed by atoms with Crippen LogP contribution < -0.4 is 16.0 Å². The Balaban J connectivity index is 2.08. The lowest BCUT2D eigenvalue weighted by Gasteiger charge is -2.28. The van der Waals surface area contributed by atoms with Crippen molar-refractivity contribution in [3.63, 3.8) is 0 Å². The molecule has 4 nitrogen and oxygen atoms in total. The van der Waals surface area contributed by atoms with E-state index in [4.69, 9.17) is 47.0 Å². The van der Waals surface area contributed by atoms with E-state index < -0.39 is 21.7 Å². The summed E-state index contributed by atoms with van der Waals surface area (Å²) in [4.78, 5) is 12.3. The second-order valence-electron chi connectivity index (χ2n) is 5.87. The van der Waals surface area contributed by atoms with Crippen LogP contribution in [-0.2, 0) is 0 Å². The summed E-state index contributed by atoms with van der Waals surface area (Å²) < 4.78 is 11.1. The third kappa shape index (κ3) is 6.50. The van der Waals surface area contributed by atoms with Gasteiger partial charge in [0.25, 0.3) is 5.91 Å². The standard InChI is InChI=1S/C18H17Cl3FN3OS/c1-10-3-8-14(11(2)9-10)23-17(27)25-16(18(19,20)21)24-15(26)12-4-6-13(22)7-5-12/h3-9,16H,1-2H3,(H,24,26)(H2,23,25,27)/t16-/m0/s1. The van der Waals surface area contributed by atoms with Crippen LogP contribution in [0.15, 0.2) is 42.5 Å². The minimum atomic E-state index is -1.89. The van der Waals surface area contributed by atoms with E-state index in [1.807, 2.05) is 32.0 Å². The van der Waals surface area contributed by atoms with E-state index in [2.05, 4.69) is 16.0 Å². The van der Waals surface area contributed by atoms with E-state index in [1.54, 1.807) is 0 Å². The Bertz CT molecular complexity index is 841. The van der Waals surface area contributed by atoms with Crippen LogP contribution in [0, 0.1) is 19.7 Å². The van der Waals surface area contributed by atoms with Crippen LogP contribution in [-0.4, -0.2) is 21.0 Å². The second kappa shape index (κ2) is 9.06. The van der Waals surface area contributed by atoms with Crippen LogP contribution in [0.25, 0.3) is 0 Å². The topological polar surface area (TPSA) is 53.2 Å². The average molecular weight is 449 g/mol. The summed E-state index contributed by atoms with van der Waals surface area (Å²) in [6, 6.07) is 10.8. The Kier molecular flexibility index (Phi) is 7.28. The fourth-order valence-corrected chi connectivity index (χ4v) is 2.81. The molecular weight excluding hydrogens is 432 g/mol. The predicted octanol–water partition coefficient (Wildman–Crippen LogP) is 4.86. The number of alkyl halides is 3. The van der Waals surface area contributed by atoms with Crippen molar-refractivity contribution >= 4 is 63.7 Å². The molecule has 27 heavy (non-hydrogen) atoms. The smallest absolute Gasteiger partial charge is 0.252 e. The molecule has 0 aliphatic heterocycles. The highest BCUT2D eigenvalue weighted by atomic mass is 35.6. The van der Waals surface area contributed by atoms with E-state index in [1.165, 1.54) is 24.3 Å². The molecule has 0 aliphatic rings. The molecule has 0 aliphatic carbocycles. The number of nitrogens with one attached hydrogen (secondary N) is 3. The molecule has 144 valence electrons. The van der Waals surface area contributed by atoms with Gasteiger partial charge in [-0.25, -0.2) is 4.39 Å². The summed E-state index contributed by atoms with van der Waals surface area (Å²) in [5, 5.41) is 8.48. The fraction of sp³-hybridized carbons (Fsp3) is 0.222. The number of amides is 1. The number of carbonyl (C=O) groups is 1. The maximum atomic E-state index is 13.0. The van der Waals surface area contributed by atoms with Gasteiger partial charge in [0, 0.05) is 11.3 Å². The number of hydrogen-bond donors (Lipinski definition) is 3. The van der Waals surface area contributed by atoms with Crippen molar-refractivity contribution in [2.45, 2.75) is 23.8 Å². The molecule has 1 atom stereocenters. The molecule has 1 amide bonds. The van der Waals surface area contributed by atoms with Gasteiger partial charge in [-0.3, -0.25) is 4.79 Å². The molecule has 2 aromatic carbocycles. The lowest BCUT2D eigenvalue weighted by Crippen LogP contribution is -2.56. The highest BCUT2D eigenvalue weighted by Gasteiger charge is 2.35. The third-order valence-electron chi connectivity index (χ3n) is 3.61. The van der Waals surface area contributed by atoms with Crippen LogP contribution in [0.4, 0.5) is 10.1 Å². The molecular formula is C18H17Cl3FN3OS. The van der Waals surface area contributed by atoms with Crippen molar-refractivity contribution in [2.24, 2.45) is 0 Å². The largest absolute Gasteiger partial charge is 0.339 e. The molecule has 0 bridgehead atoms. The quantitative estimate of drug-likeness (QED) is 0.355. The number of carbonyl (C=O) groups excluding carboxylic acids is 1. The van der Waals surface area contributed by atoms with Gasteiger partial charge in [0.15, 0.2) is 5.11 Å². The average Bonchev–Trinajstić information content (AvgIpc) is 2.56. The monoisotopic (exact) mass is 447 g/mol. The maximum absolute atomic E-state index is 13.0. The van der Waals surface area contributed by atoms with Crippen molar-refractivity contribution in [1.29, 1.82) is 0 Å². The zero-order chi connectivity index (χ0) is 20.2. The lowest BCUT2D eigenvalue weighted by molar-refractivity contribution is 0.0934. The first-order chi connectivity index (χ1) is 12.6. The van der Waals surface area contributed by atoms with Gasteiger partial charge in [-0.05, 0) is 62.0 Å². The molecule has 0 unspecified atom stereocenters. The summed E-state index contributed by atoms with van der Waals surface area (Å²) in [6.45, 7) is 3.91. The molecule has 2 aromatic rings. The van der Waals surface area contributed by atoms with Crippen LogP contribution >= 0.6 is 47.0 Å². The number of aryl methyl sites for hydroxylation is 2. The Hall–Kier alpha value is -1.60. The highest BCUT2D eigenvalue weighted by Crippen LogP contribution is 2.29. The summed E-state index contributed by atoms with van der Waals surface area (Å²) >= 11 is 23.1. The molecule has 0 radical (unpaired) electrons. The van der Waals surface area contributed by atoms with E-state index in [0.29, 0.717) is 0 Å². The molecule has 0 heterocycles. The zero-order valence-electron chi connectivity index (χ0n) is 14.4. The molecule has 2 rings (SSSR count). The van der Waals surface area contributed by atoms with E-state index >= 15 is 0 Å². The maximum Gasteiger partial charge on any atom is 0.252 e. The van der Waals surface area contributed by atoms with Gasteiger partial charge in [-0.15, -0.1) is 0 Å². The molecule has 9 heteroatoms. The summed E-state index contributed by atoms with van der Waals surface area (Å²) in [5.41, 5.74) is 3.10. The first kappa shape index (κ1) is 21.7. The summed E-state index contributed by atoms with van der Waals surface area (Å²) in [6.07, 6.45) is -1.12. The zero-order valence-corrected chi connectivity index (χ0v) is 17.5. The third-order valence-corrected chi connectivity index (χ3v) is 4.49. The number of thiocarbonyl (C=S) groups is 1. The Morgan fingerprint density at radius 3 is 2.26 bits per heavy atom. The van der Waals surface area contributed by atoms with Gasteiger partial charge in [-0.2, -0.15) is 0 Å². The first-order valence-electron chi connectivity index (χ1n) is 7.84. The molecule has 0 fully saturated rings. The van der Waals surface area contributed by atoms with E-state index in [-0.39, 0.29) is 10.7 Å². The van der Waals surface area contributed by atoms with Crippen LogP contribution in [0.5, 0.6) is 0 Å². The van der Waals surface area contributed by atoms with Gasteiger partial charge in [0.05, 0.1) is 0 Å². The van der Waals surface area contributed by atoms with Crippen molar-refractivity contribution < 1.29 is 9.18 Å². The SMILES string of the molecule is Cc1ccc(NC(=S)N[C@H](NC(=O)c2ccc(F)cc2)C(Cl)(Cl)Cl)c(C)c1. The van der Waals surface area contributed by atoms with Crippen molar-refractivity contribution in [3.8, 4) is 0 Å². The van der Waals surface area contributed by atoms with Crippen LogP contribution in [0.1, 0.15) is 21.5 Å².